The summed E-state index contributed by atoms with van der Waals surface area (Å²) in [6.45, 7) is 1.99. The van der Waals surface area contributed by atoms with E-state index in [-0.39, 0.29) is 12.0 Å². The summed E-state index contributed by atoms with van der Waals surface area (Å²) in [6.07, 6.45) is 8.57. The number of amides is 1. The Labute approximate surface area is 193 Å². The number of allylic oxidation sites excluding steroid dienone is 1. The summed E-state index contributed by atoms with van der Waals surface area (Å²) in [5, 5.41) is 4.76. The van der Waals surface area contributed by atoms with Crippen LogP contribution in [0.15, 0.2) is 60.0 Å². The number of anilines is 1. The van der Waals surface area contributed by atoms with Crippen LogP contribution in [-0.4, -0.2) is 60.3 Å². The molecule has 8 heteroatoms. The van der Waals surface area contributed by atoms with E-state index in [2.05, 4.69) is 32.2 Å². The highest BCUT2D eigenvalue weighted by Gasteiger charge is 2.19. The molecule has 3 N–H and O–H groups in total. The van der Waals surface area contributed by atoms with Crippen molar-refractivity contribution in [2.45, 2.75) is 18.9 Å². The number of carbonyl (C=O) groups is 1. The predicted molar refractivity (Wildman–Crippen MR) is 132 cm³/mol. The first kappa shape index (κ1) is 22.4. The third-order valence-corrected chi connectivity index (χ3v) is 5.69. The maximum atomic E-state index is 12.9. The van der Waals surface area contributed by atoms with Crippen LogP contribution in [0, 0.1) is 0 Å². The number of hydrogen-bond acceptors (Lipinski definition) is 7. The molecule has 1 saturated heterocycles. The van der Waals surface area contributed by atoms with E-state index >= 15 is 0 Å². The molecule has 0 radical (unpaired) electrons. The summed E-state index contributed by atoms with van der Waals surface area (Å²) in [5.41, 5.74) is 7.95. The van der Waals surface area contributed by atoms with Crippen LogP contribution in [0.5, 0.6) is 5.88 Å². The molecule has 0 unspecified atom stereocenters. The summed E-state index contributed by atoms with van der Waals surface area (Å²) in [7, 11) is 3.81. The zero-order chi connectivity index (χ0) is 23.2. The normalized spacial score (nSPS) is 15.8. The van der Waals surface area contributed by atoms with E-state index < -0.39 is 0 Å². The molecule has 3 heterocycles. The van der Waals surface area contributed by atoms with Crippen molar-refractivity contribution >= 4 is 34.3 Å². The van der Waals surface area contributed by atoms with Crippen molar-refractivity contribution in [3.8, 4) is 5.88 Å². The third kappa shape index (κ3) is 5.53. The minimum Gasteiger partial charge on any atom is -0.474 e. The van der Waals surface area contributed by atoms with Crippen LogP contribution in [0.1, 0.15) is 28.8 Å². The maximum Gasteiger partial charge on any atom is 0.257 e. The molecular weight excluding hydrogens is 416 g/mol. The van der Waals surface area contributed by atoms with E-state index in [0.717, 1.165) is 47.8 Å². The van der Waals surface area contributed by atoms with Crippen LogP contribution in [-0.2, 0) is 0 Å². The number of carbonyl (C=O) groups excluding carboxylic acids is 1. The number of aromatic nitrogens is 2. The van der Waals surface area contributed by atoms with Crippen molar-refractivity contribution < 1.29 is 9.53 Å². The van der Waals surface area contributed by atoms with Gasteiger partial charge in [0.25, 0.3) is 5.91 Å². The Morgan fingerprint density at radius 1 is 1.15 bits per heavy atom. The topological polar surface area (TPSA) is 106 Å². The second kappa shape index (κ2) is 10.2. The van der Waals surface area contributed by atoms with Gasteiger partial charge in [0, 0.05) is 67.5 Å². The van der Waals surface area contributed by atoms with Crippen molar-refractivity contribution in [2.75, 3.05) is 32.5 Å². The summed E-state index contributed by atoms with van der Waals surface area (Å²) in [6, 6.07) is 11.1. The van der Waals surface area contributed by atoms with Crippen LogP contribution < -0.4 is 15.8 Å². The molecular formula is C25H28N6O2. The number of aliphatic imine (C=N–C) groups is 1. The van der Waals surface area contributed by atoms with E-state index in [9.17, 15) is 4.79 Å². The summed E-state index contributed by atoms with van der Waals surface area (Å²) >= 11 is 0. The maximum absolute atomic E-state index is 12.9. The number of pyridine rings is 2. The molecule has 1 amide bonds. The number of fused-ring (bicyclic) bond motifs is 1. The fourth-order valence-corrected chi connectivity index (χ4v) is 3.82. The Bertz CT molecular complexity index is 1200. The fraction of sp³-hybridized carbons (Fsp3) is 0.280. The zero-order valence-corrected chi connectivity index (χ0v) is 18.9. The Kier molecular flexibility index (Phi) is 6.95. The lowest BCUT2D eigenvalue weighted by Crippen LogP contribution is -2.35. The van der Waals surface area contributed by atoms with Gasteiger partial charge in [0.1, 0.15) is 11.9 Å². The average Bonchev–Trinajstić information content (AvgIpc) is 2.83. The second-order valence-corrected chi connectivity index (χ2v) is 8.10. The zero-order valence-electron chi connectivity index (χ0n) is 18.9. The molecule has 1 aliphatic heterocycles. The standard InChI is InChI=1S/C25H28N6O2/c1-27-15-21(14-26)17-3-4-19-16-29-23(12-20(19)11-17)30-25(32)18-5-8-28-24(13-18)33-22-6-9-31(2)10-7-22/h3-5,8,11-16,22H,6-7,9-10,26H2,1-2H3,(H,29,30,32). The highest BCUT2D eigenvalue weighted by Crippen LogP contribution is 2.23. The van der Waals surface area contributed by atoms with Gasteiger partial charge in [-0.25, -0.2) is 9.97 Å². The van der Waals surface area contributed by atoms with Crippen molar-refractivity contribution in [1.82, 2.24) is 14.9 Å². The van der Waals surface area contributed by atoms with Gasteiger partial charge in [-0.15, -0.1) is 0 Å². The monoisotopic (exact) mass is 444 g/mol. The molecule has 0 saturated carbocycles. The Morgan fingerprint density at radius 3 is 2.73 bits per heavy atom. The molecule has 1 fully saturated rings. The van der Waals surface area contributed by atoms with E-state index in [4.69, 9.17) is 10.5 Å². The number of piperidine rings is 1. The van der Waals surface area contributed by atoms with Crippen molar-refractivity contribution in [1.29, 1.82) is 0 Å². The quantitative estimate of drug-likeness (QED) is 0.565. The molecule has 170 valence electrons. The van der Waals surface area contributed by atoms with Crippen LogP contribution in [0.2, 0.25) is 0 Å². The number of ether oxygens (including phenoxy) is 1. The molecule has 1 aromatic carbocycles. The number of nitrogens with one attached hydrogen (secondary N) is 1. The lowest BCUT2D eigenvalue weighted by molar-refractivity contribution is 0.101. The van der Waals surface area contributed by atoms with Gasteiger partial charge in [-0.3, -0.25) is 9.79 Å². The van der Waals surface area contributed by atoms with Gasteiger partial charge >= 0.3 is 0 Å². The highest BCUT2D eigenvalue weighted by molar-refractivity contribution is 6.10. The highest BCUT2D eigenvalue weighted by atomic mass is 16.5. The second-order valence-electron chi connectivity index (χ2n) is 8.10. The number of nitrogens with two attached hydrogens (primary N) is 1. The average molecular weight is 445 g/mol. The van der Waals surface area contributed by atoms with Gasteiger partial charge in [-0.05, 0) is 49.0 Å². The Hall–Kier alpha value is -3.78. The molecule has 4 rings (SSSR count). The van der Waals surface area contributed by atoms with Gasteiger partial charge in [-0.2, -0.15) is 0 Å². The number of hydrogen-bond donors (Lipinski definition) is 2. The Balaban J connectivity index is 1.49. The molecule has 2 aromatic heterocycles. The van der Waals surface area contributed by atoms with E-state index in [1.165, 1.54) is 6.20 Å². The number of benzene rings is 1. The van der Waals surface area contributed by atoms with Crippen LogP contribution in [0.25, 0.3) is 16.3 Å². The van der Waals surface area contributed by atoms with E-state index in [1.54, 1.807) is 37.8 Å². The lowest BCUT2D eigenvalue weighted by Gasteiger charge is -2.28. The van der Waals surface area contributed by atoms with E-state index in [1.807, 2.05) is 24.3 Å². The minimum absolute atomic E-state index is 0.119. The summed E-state index contributed by atoms with van der Waals surface area (Å²) < 4.78 is 6.01. The van der Waals surface area contributed by atoms with Gasteiger partial charge in [0.15, 0.2) is 0 Å². The number of rotatable bonds is 6. The van der Waals surface area contributed by atoms with Crippen LogP contribution >= 0.6 is 0 Å². The van der Waals surface area contributed by atoms with E-state index in [0.29, 0.717) is 17.3 Å². The Morgan fingerprint density at radius 2 is 1.97 bits per heavy atom. The van der Waals surface area contributed by atoms with Gasteiger partial charge in [0.05, 0.1) is 0 Å². The first-order valence-electron chi connectivity index (χ1n) is 10.9. The molecule has 0 bridgehead atoms. The SMILES string of the molecule is CN=CC(=CN)c1ccc2cnc(NC(=O)c3ccnc(OC4CCN(C)CC4)c3)cc2c1. The molecule has 0 spiro atoms. The van der Waals surface area contributed by atoms with Crippen LogP contribution in [0.4, 0.5) is 5.82 Å². The number of likely N-dealkylation sites (tertiary alicyclic amines) is 1. The summed E-state index contributed by atoms with van der Waals surface area (Å²) in [4.78, 5) is 27.8. The largest absolute Gasteiger partial charge is 0.474 e. The first-order valence-corrected chi connectivity index (χ1v) is 10.9. The fourth-order valence-electron chi connectivity index (χ4n) is 3.82. The van der Waals surface area contributed by atoms with Gasteiger partial charge < -0.3 is 20.7 Å². The minimum atomic E-state index is -0.269. The number of nitrogens with zero attached hydrogens (tertiary/aromatic N) is 4. The van der Waals surface area contributed by atoms with Crippen molar-refractivity contribution in [3.05, 3.63) is 66.1 Å². The van der Waals surface area contributed by atoms with Crippen LogP contribution in [0.3, 0.4) is 0 Å². The lowest BCUT2D eigenvalue weighted by atomic mass is 10.0. The molecule has 33 heavy (non-hydrogen) atoms. The van der Waals surface area contributed by atoms with Gasteiger partial charge in [-0.1, -0.05) is 12.1 Å². The smallest absolute Gasteiger partial charge is 0.257 e. The van der Waals surface area contributed by atoms with Crippen molar-refractivity contribution in [2.24, 2.45) is 10.7 Å². The van der Waals surface area contributed by atoms with Crippen molar-refractivity contribution in [3.63, 3.8) is 0 Å². The molecule has 0 aliphatic carbocycles. The molecule has 3 aromatic rings. The molecule has 0 atom stereocenters. The predicted octanol–water partition coefficient (Wildman–Crippen LogP) is 3.36. The first-order chi connectivity index (χ1) is 16.1. The summed E-state index contributed by atoms with van der Waals surface area (Å²) in [5.74, 6) is 0.656. The third-order valence-electron chi connectivity index (χ3n) is 5.69. The van der Waals surface area contributed by atoms with Gasteiger partial charge in [0.2, 0.25) is 5.88 Å². The molecule has 8 nitrogen and oxygen atoms in total. The molecule has 1 aliphatic rings.